The monoisotopic (exact) mass is 316 g/mol. The Morgan fingerprint density at radius 2 is 1.95 bits per heavy atom. The fourth-order valence-corrected chi connectivity index (χ4v) is 3.38. The number of hydrogen-bond donors (Lipinski definition) is 2. The highest BCUT2D eigenvalue weighted by Crippen LogP contribution is 2.26. The van der Waals surface area contributed by atoms with Crippen molar-refractivity contribution in [2.75, 3.05) is 5.32 Å². The number of nitrogens with two attached hydrogens (primary N) is 1. The fourth-order valence-electron chi connectivity index (χ4n) is 2.86. The highest BCUT2D eigenvalue weighted by Gasteiger charge is 2.18. The van der Waals surface area contributed by atoms with Gasteiger partial charge < -0.3 is 11.1 Å². The van der Waals surface area contributed by atoms with E-state index >= 15 is 0 Å². The molecule has 0 saturated carbocycles. The van der Waals surface area contributed by atoms with Gasteiger partial charge in [0.2, 0.25) is 0 Å². The summed E-state index contributed by atoms with van der Waals surface area (Å²) < 4.78 is 0. The number of anilines is 1. The van der Waals surface area contributed by atoms with E-state index in [9.17, 15) is 0 Å². The van der Waals surface area contributed by atoms with Gasteiger partial charge in [0.1, 0.15) is 4.99 Å². The third-order valence-electron chi connectivity index (χ3n) is 3.95. The second-order valence-electron chi connectivity index (χ2n) is 5.41. The third-order valence-corrected chi connectivity index (χ3v) is 4.48. The largest absolute Gasteiger partial charge is 0.389 e. The van der Waals surface area contributed by atoms with Crippen molar-refractivity contribution in [3.05, 3.63) is 64.2 Å². The van der Waals surface area contributed by atoms with Crippen LogP contribution in [-0.4, -0.2) is 11.0 Å². The number of nitrogens with one attached hydrogen (secondary N) is 1. The van der Waals surface area contributed by atoms with Crippen molar-refractivity contribution in [1.82, 2.24) is 0 Å². The molecule has 3 N–H and O–H groups in total. The van der Waals surface area contributed by atoms with Crippen molar-refractivity contribution in [2.45, 2.75) is 25.3 Å². The first kappa shape index (κ1) is 14.4. The van der Waals surface area contributed by atoms with Gasteiger partial charge in [0.25, 0.3) is 0 Å². The molecule has 0 bridgehead atoms. The van der Waals surface area contributed by atoms with Crippen LogP contribution in [0.2, 0.25) is 5.02 Å². The number of benzene rings is 2. The lowest BCUT2D eigenvalue weighted by atomic mass is 9.88. The quantitative estimate of drug-likeness (QED) is 0.842. The van der Waals surface area contributed by atoms with Crippen LogP contribution in [0.15, 0.2) is 42.5 Å². The normalized spacial score (nSPS) is 17.1. The van der Waals surface area contributed by atoms with Crippen LogP contribution in [0.4, 0.5) is 5.69 Å². The molecule has 21 heavy (non-hydrogen) atoms. The van der Waals surface area contributed by atoms with Crippen molar-refractivity contribution >= 4 is 34.5 Å². The van der Waals surface area contributed by atoms with Gasteiger partial charge in [-0.15, -0.1) is 0 Å². The van der Waals surface area contributed by atoms with Crippen molar-refractivity contribution in [2.24, 2.45) is 5.73 Å². The van der Waals surface area contributed by atoms with Gasteiger partial charge in [0.15, 0.2) is 0 Å². The molecule has 2 nitrogen and oxygen atoms in total. The first-order chi connectivity index (χ1) is 10.1. The molecule has 0 amide bonds. The molecule has 0 radical (unpaired) electrons. The molecule has 0 saturated heterocycles. The number of rotatable bonds is 3. The first-order valence-electron chi connectivity index (χ1n) is 7.06. The van der Waals surface area contributed by atoms with Gasteiger partial charge in [0, 0.05) is 17.3 Å². The van der Waals surface area contributed by atoms with Crippen LogP contribution in [-0.2, 0) is 12.8 Å². The molecule has 2 aromatic carbocycles. The molecule has 2 aromatic rings. The van der Waals surface area contributed by atoms with Gasteiger partial charge in [-0.3, -0.25) is 0 Å². The molecular formula is C17H17ClN2S. The molecule has 1 aliphatic rings. The number of thiocarbonyl (C=S) groups is 1. The van der Waals surface area contributed by atoms with E-state index < -0.39 is 0 Å². The summed E-state index contributed by atoms with van der Waals surface area (Å²) in [5, 5.41) is 4.16. The zero-order valence-corrected chi connectivity index (χ0v) is 13.2. The van der Waals surface area contributed by atoms with Gasteiger partial charge in [0.05, 0.1) is 5.02 Å². The summed E-state index contributed by atoms with van der Waals surface area (Å²) in [6.07, 6.45) is 3.29. The maximum absolute atomic E-state index is 6.22. The Morgan fingerprint density at radius 1 is 1.19 bits per heavy atom. The zero-order valence-electron chi connectivity index (χ0n) is 11.6. The average molecular weight is 317 g/mol. The van der Waals surface area contributed by atoms with Crippen LogP contribution in [0.5, 0.6) is 0 Å². The number of fused-ring (bicyclic) bond motifs is 1. The van der Waals surface area contributed by atoms with Crippen LogP contribution in [0, 0.1) is 0 Å². The van der Waals surface area contributed by atoms with Gasteiger partial charge >= 0.3 is 0 Å². The standard InChI is InChI=1S/C17H17ClN2S/c18-16-10-14(7-8-15(16)17(19)21)20-13-6-5-11-3-1-2-4-12(11)9-13/h1-4,7-8,10,13,20H,5-6,9H2,(H2,19,21). The van der Waals surface area contributed by atoms with Crippen LogP contribution in [0.3, 0.4) is 0 Å². The van der Waals surface area contributed by atoms with E-state index in [1.165, 1.54) is 11.1 Å². The molecular weight excluding hydrogens is 300 g/mol. The maximum atomic E-state index is 6.22. The van der Waals surface area contributed by atoms with Gasteiger partial charge in [-0.1, -0.05) is 48.1 Å². The SMILES string of the molecule is NC(=S)c1ccc(NC2CCc3ccccc3C2)cc1Cl. The Balaban J connectivity index is 1.73. The lowest BCUT2D eigenvalue weighted by Gasteiger charge is -2.26. The third kappa shape index (κ3) is 3.20. The molecule has 1 atom stereocenters. The zero-order chi connectivity index (χ0) is 14.8. The lowest BCUT2D eigenvalue weighted by Crippen LogP contribution is -2.27. The summed E-state index contributed by atoms with van der Waals surface area (Å²) in [7, 11) is 0. The molecule has 3 rings (SSSR count). The topological polar surface area (TPSA) is 38.0 Å². The minimum Gasteiger partial charge on any atom is -0.389 e. The summed E-state index contributed by atoms with van der Waals surface area (Å²) >= 11 is 11.2. The number of hydrogen-bond acceptors (Lipinski definition) is 2. The Kier molecular flexibility index (Phi) is 4.13. The van der Waals surface area contributed by atoms with Crippen molar-refractivity contribution in [3.63, 3.8) is 0 Å². The minimum atomic E-state index is 0.332. The highest BCUT2D eigenvalue weighted by molar-refractivity contribution is 7.80. The summed E-state index contributed by atoms with van der Waals surface area (Å²) in [5.41, 5.74) is 10.3. The number of aryl methyl sites for hydroxylation is 1. The Morgan fingerprint density at radius 3 is 2.67 bits per heavy atom. The second kappa shape index (κ2) is 6.04. The van der Waals surface area contributed by atoms with E-state index in [-0.39, 0.29) is 0 Å². The highest BCUT2D eigenvalue weighted by atomic mass is 35.5. The van der Waals surface area contributed by atoms with E-state index in [1.54, 1.807) is 0 Å². The Labute approximate surface area is 135 Å². The summed E-state index contributed by atoms with van der Waals surface area (Å²) in [5.74, 6) is 0. The molecule has 108 valence electrons. The number of halogens is 1. The minimum absolute atomic E-state index is 0.332. The maximum Gasteiger partial charge on any atom is 0.105 e. The van der Waals surface area contributed by atoms with Crippen molar-refractivity contribution in [3.8, 4) is 0 Å². The summed E-state index contributed by atoms with van der Waals surface area (Å²) in [4.78, 5) is 0.332. The lowest BCUT2D eigenvalue weighted by molar-refractivity contribution is 0.611. The van der Waals surface area contributed by atoms with Gasteiger partial charge in [-0.25, -0.2) is 0 Å². The molecule has 4 heteroatoms. The van der Waals surface area contributed by atoms with E-state index in [2.05, 4.69) is 29.6 Å². The first-order valence-corrected chi connectivity index (χ1v) is 7.85. The molecule has 0 heterocycles. The second-order valence-corrected chi connectivity index (χ2v) is 6.26. The summed E-state index contributed by atoms with van der Waals surface area (Å²) in [6, 6.07) is 14.9. The van der Waals surface area contributed by atoms with Gasteiger partial charge in [-0.05, 0) is 48.6 Å². The molecule has 0 aromatic heterocycles. The fraction of sp³-hybridized carbons (Fsp3) is 0.235. The van der Waals surface area contributed by atoms with Crippen LogP contribution in [0.1, 0.15) is 23.1 Å². The molecule has 1 unspecified atom stereocenters. The average Bonchev–Trinajstić information content (AvgIpc) is 2.47. The molecule has 0 spiro atoms. The molecule has 1 aliphatic carbocycles. The van der Waals surface area contributed by atoms with Crippen LogP contribution < -0.4 is 11.1 Å². The Bertz CT molecular complexity index is 684. The molecule has 0 aliphatic heterocycles. The van der Waals surface area contributed by atoms with Crippen LogP contribution >= 0.6 is 23.8 Å². The summed E-state index contributed by atoms with van der Waals surface area (Å²) in [6.45, 7) is 0. The van der Waals surface area contributed by atoms with Gasteiger partial charge in [-0.2, -0.15) is 0 Å². The van der Waals surface area contributed by atoms with Crippen molar-refractivity contribution < 1.29 is 0 Å². The predicted molar refractivity (Wildman–Crippen MR) is 93.2 cm³/mol. The van der Waals surface area contributed by atoms with E-state index in [1.807, 2.05) is 18.2 Å². The van der Waals surface area contributed by atoms with E-state index in [0.717, 1.165) is 30.5 Å². The van der Waals surface area contributed by atoms with E-state index in [0.29, 0.717) is 16.1 Å². The molecule has 0 fully saturated rings. The smallest absolute Gasteiger partial charge is 0.105 e. The van der Waals surface area contributed by atoms with Crippen LogP contribution in [0.25, 0.3) is 0 Å². The predicted octanol–water partition coefficient (Wildman–Crippen LogP) is 3.94. The van der Waals surface area contributed by atoms with Crippen molar-refractivity contribution in [1.29, 1.82) is 0 Å². The van der Waals surface area contributed by atoms with E-state index in [4.69, 9.17) is 29.6 Å². The Hall–Kier alpha value is -1.58.